The number of Topliss-reactive ketones (excluding diaryl/α,β-unsaturated/α-hetero) is 1. The SMILES string of the molecule is C=CC[C@@H]1C(=O)CCC[C@@H]1CC. The van der Waals surface area contributed by atoms with Crippen LogP contribution in [0.1, 0.15) is 39.0 Å². The number of carbonyl (C=O) groups excluding carboxylic acids is 1. The van der Waals surface area contributed by atoms with Gasteiger partial charge in [-0.15, -0.1) is 6.58 Å². The number of allylic oxidation sites excluding steroid dienone is 1. The monoisotopic (exact) mass is 166 g/mol. The minimum atomic E-state index is 0.293. The Kier molecular flexibility index (Phi) is 3.51. The van der Waals surface area contributed by atoms with E-state index in [1.165, 1.54) is 6.42 Å². The third-order valence-corrected chi connectivity index (χ3v) is 2.93. The van der Waals surface area contributed by atoms with Crippen LogP contribution in [0.4, 0.5) is 0 Å². The summed E-state index contributed by atoms with van der Waals surface area (Å²) < 4.78 is 0. The molecule has 0 amide bonds. The summed E-state index contributed by atoms with van der Waals surface area (Å²) in [5, 5.41) is 0. The van der Waals surface area contributed by atoms with Crippen LogP contribution < -0.4 is 0 Å². The second-order valence-electron chi connectivity index (χ2n) is 3.66. The molecule has 0 bridgehead atoms. The first-order valence-corrected chi connectivity index (χ1v) is 4.93. The van der Waals surface area contributed by atoms with Crippen molar-refractivity contribution in [3.63, 3.8) is 0 Å². The standard InChI is InChI=1S/C11H18O/c1-3-6-10-9(4-2)7-5-8-11(10)12/h3,9-10H,1,4-8H2,2H3/t9-,10-/m0/s1. The van der Waals surface area contributed by atoms with Crippen molar-refractivity contribution >= 4 is 5.78 Å². The third-order valence-electron chi connectivity index (χ3n) is 2.93. The van der Waals surface area contributed by atoms with Gasteiger partial charge >= 0.3 is 0 Å². The number of rotatable bonds is 3. The molecule has 1 rings (SSSR count). The molecule has 1 nitrogen and oxygen atoms in total. The van der Waals surface area contributed by atoms with Crippen LogP contribution in [-0.4, -0.2) is 5.78 Å². The molecule has 1 aliphatic rings. The minimum absolute atomic E-state index is 0.293. The first-order valence-electron chi connectivity index (χ1n) is 4.93. The summed E-state index contributed by atoms with van der Waals surface area (Å²) in [4.78, 5) is 11.5. The molecule has 0 heterocycles. The summed E-state index contributed by atoms with van der Waals surface area (Å²) in [7, 11) is 0. The topological polar surface area (TPSA) is 17.1 Å². The molecular weight excluding hydrogens is 148 g/mol. The van der Waals surface area contributed by atoms with Crippen LogP contribution in [0.25, 0.3) is 0 Å². The van der Waals surface area contributed by atoms with E-state index < -0.39 is 0 Å². The zero-order valence-electron chi connectivity index (χ0n) is 7.88. The molecule has 2 atom stereocenters. The van der Waals surface area contributed by atoms with E-state index in [2.05, 4.69) is 13.5 Å². The Morgan fingerprint density at radius 1 is 1.67 bits per heavy atom. The van der Waals surface area contributed by atoms with Crippen molar-refractivity contribution in [2.45, 2.75) is 39.0 Å². The molecule has 0 saturated heterocycles. The fraction of sp³-hybridized carbons (Fsp3) is 0.727. The Bertz CT molecular complexity index is 172. The van der Waals surface area contributed by atoms with E-state index in [0.717, 1.165) is 25.7 Å². The molecule has 1 aliphatic carbocycles. The second kappa shape index (κ2) is 4.44. The van der Waals surface area contributed by atoms with E-state index in [0.29, 0.717) is 17.6 Å². The van der Waals surface area contributed by atoms with Gasteiger partial charge in [0.15, 0.2) is 0 Å². The van der Waals surface area contributed by atoms with Gasteiger partial charge < -0.3 is 0 Å². The van der Waals surface area contributed by atoms with Gasteiger partial charge in [-0.25, -0.2) is 0 Å². The predicted molar refractivity (Wildman–Crippen MR) is 50.9 cm³/mol. The van der Waals surface area contributed by atoms with E-state index in [-0.39, 0.29) is 0 Å². The highest BCUT2D eigenvalue weighted by Crippen LogP contribution is 2.31. The molecule has 0 aromatic heterocycles. The molecule has 1 saturated carbocycles. The van der Waals surface area contributed by atoms with Gasteiger partial charge in [0, 0.05) is 12.3 Å². The van der Waals surface area contributed by atoms with E-state index in [4.69, 9.17) is 0 Å². The van der Waals surface area contributed by atoms with Gasteiger partial charge in [-0.1, -0.05) is 19.4 Å². The summed E-state index contributed by atoms with van der Waals surface area (Å²) in [6.45, 7) is 5.89. The average molecular weight is 166 g/mol. The highest BCUT2D eigenvalue weighted by molar-refractivity contribution is 5.82. The van der Waals surface area contributed by atoms with E-state index in [9.17, 15) is 4.79 Å². The molecule has 0 unspecified atom stereocenters. The lowest BCUT2D eigenvalue weighted by Crippen LogP contribution is -2.27. The first kappa shape index (κ1) is 9.50. The van der Waals surface area contributed by atoms with Crippen LogP contribution in [0, 0.1) is 11.8 Å². The lowest BCUT2D eigenvalue weighted by molar-refractivity contribution is -0.126. The van der Waals surface area contributed by atoms with E-state index in [1.54, 1.807) is 0 Å². The Morgan fingerprint density at radius 3 is 3.00 bits per heavy atom. The van der Waals surface area contributed by atoms with Crippen LogP contribution in [0.5, 0.6) is 0 Å². The number of carbonyl (C=O) groups is 1. The Hall–Kier alpha value is -0.590. The summed E-state index contributed by atoms with van der Waals surface area (Å²) in [5.41, 5.74) is 0. The molecule has 68 valence electrons. The smallest absolute Gasteiger partial charge is 0.136 e. The van der Waals surface area contributed by atoms with Crippen LogP contribution in [0.3, 0.4) is 0 Å². The largest absolute Gasteiger partial charge is 0.299 e. The summed E-state index contributed by atoms with van der Waals surface area (Å²) >= 11 is 0. The zero-order valence-corrected chi connectivity index (χ0v) is 7.88. The number of hydrogen-bond acceptors (Lipinski definition) is 1. The fourth-order valence-electron chi connectivity index (χ4n) is 2.18. The van der Waals surface area contributed by atoms with Crippen molar-refractivity contribution in [1.29, 1.82) is 0 Å². The van der Waals surface area contributed by atoms with Gasteiger partial charge in [0.2, 0.25) is 0 Å². The van der Waals surface area contributed by atoms with Gasteiger partial charge in [-0.3, -0.25) is 4.79 Å². The zero-order chi connectivity index (χ0) is 8.97. The predicted octanol–water partition coefficient (Wildman–Crippen LogP) is 2.96. The lowest BCUT2D eigenvalue weighted by Gasteiger charge is -2.28. The van der Waals surface area contributed by atoms with E-state index >= 15 is 0 Å². The average Bonchev–Trinajstić information content (AvgIpc) is 2.09. The number of ketones is 1. The van der Waals surface area contributed by atoms with Gasteiger partial charge in [0.1, 0.15) is 5.78 Å². The molecular formula is C11H18O. The molecule has 1 heteroatoms. The van der Waals surface area contributed by atoms with Crippen molar-refractivity contribution in [2.75, 3.05) is 0 Å². The summed E-state index contributed by atoms with van der Waals surface area (Å²) in [6, 6.07) is 0. The maximum Gasteiger partial charge on any atom is 0.136 e. The molecule has 1 fully saturated rings. The Balaban J connectivity index is 2.58. The van der Waals surface area contributed by atoms with Crippen molar-refractivity contribution in [2.24, 2.45) is 11.8 Å². The van der Waals surface area contributed by atoms with Crippen LogP contribution in [0.15, 0.2) is 12.7 Å². The highest BCUT2D eigenvalue weighted by atomic mass is 16.1. The summed E-state index contributed by atoms with van der Waals surface area (Å²) in [6.07, 6.45) is 7.05. The van der Waals surface area contributed by atoms with Crippen molar-refractivity contribution in [1.82, 2.24) is 0 Å². The first-order chi connectivity index (χ1) is 5.79. The molecule has 0 aromatic carbocycles. The second-order valence-corrected chi connectivity index (χ2v) is 3.66. The Labute approximate surface area is 74.9 Å². The van der Waals surface area contributed by atoms with Gasteiger partial charge in [0.05, 0.1) is 0 Å². The van der Waals surface area contributed by atoms with Crippen molar-refractivity contribution < 1.29 is 4.79 Å². The molecule has 12 heavy (non-hydrogen) atoms. The summed E-state index contributed by atoms with van der Waals surface area (Å²) in [5.74, 6) is 1.39. The van der Waals surface area contributed by atoms with Crippen molar-refractivity contribution in [3.05, 3.63) is 12.7 Å². The number of hydrogen-bond donors (Lipinski definition) is 0. The van der Waals surface area contributed by atoms with Gasteiger partial charge in [0.25, 0.3) is 0 Å². The molecule has 0 aliphatic heterocycles. The lowest BCUT2D eigenvalue weighted by atomic mass is 9.75. The molecule has 0 N–H and O–H groups in total. The van der Waals surface area contributed by atoms with Crippen LogP contribution in [-0.2, 0) is 4.79 Å². The maximum atomic E-state index is 11.5. The minimum Gasteiger partial charge on any atom is -0.299 e. The molecule has 0 spiro atoms. The Morgan fingerprint density at radius 2 is 2.42 bits per heavy atom. The third kappa shape index (κ3) is 1.96. The van der Waals surface area contributed by atoms with Crippen LogP contribution in [0.2, 0.25) is 0 Å². The van der Waals surface area contributed by atoms with Gasteiger partial charge in [-0.2, -0.15) is 0 Å². The molecule has 0 aromatic rings. The van der Waals surface area contributed by atoms with Crippen LogP contribution >= 0.6 is 0 Å². The van der Waals surface area contributed by atoms with Crippen molar-refractivity contribution in [3.8, 4) is 0 Å². The highest BCUT2D eigenvalue weighted by Gasteiger charge is 2.28. The van der Waals surface area contributed by atoms with Gasteiger partial charge in [-0.05, 0) is 25.2 Å². The quantitative estimate of drug-likeness (QED) is 0.589. The molecule has 0 radical (unpaired) electrons. The fourth-order valence-corrected chi connectivity index (χ4v) is 2.18. The normalized spacial score (nSPS) is 30.2. The maximum absolute atomic E-state index is 11.5. The van der Waals surface area contributed by atoms with E-state index in [1.807, 2.05) is 6.08 Å².